The third-order valence-corrected chi connectivity index (χ3v) is 3.88. The van der Waals surface area contributed by atoms with Crippen LogP contribution in [0.4, 0.5) is 11.5 Å². The first kappa shape index (κ1) is 13.3. The molecule has 0 amide bonds. The van der Waals surface area contributed by atoms with Gasteiger partial charge in [0.2, 0.25) is 0 Å². The first-order valence-corrected chi connectivity index (χ1v) is 7.19. The lowest BCUT2D eigenvalue weighted by Crippen LogP contribution is -2.14. The third kappa shape index (κ3) is 2.84. The van der Waals surface area contributed by atoms with Crippen molar-refractivity contribution in [1.29, 1.82) is 0 Å². The Morgan fingerprint density at radius 2 is 2.11 bits per heavy atom. The maximum absolute atomic E-state index is 12.1. The van der Waals surface area contributed by atoms with Crippen LogP contribution < -0.4 is 10.5 Å². The van der Waals surface area contributed by atoms with Crippen molar-refractivity contribution in [1.82, 2.24) is 15.0 Å². The molecule has 0 aliphatic carbocycles. The summed E-state index contributed by atoms with van der Waals surface area (Å²) >= 11 is 0. The number of hydrogen-bond acceptors (Lipinski definition) is 5. The largest absolute Gasteiger partial charge is 0.397 e. The molecule has 8 heteroatoms. The van der Waals surface area contributed by atoms with Gasteiger partial charge in [-0.25, -0.2) is 9.97 Å². The lowest BCUT2D eigenvalue weighted by Gasteiger charge is -2.07. The van der Waals surface area contributed by atoms with Crippen molar-refractivity contribution in [2.24, 2.45) is 0 Å². The standard InChI is InChI=1S/C11H15N5O2S/c1-3-9-14-6-11(15-9)19(17,18)16-10-4-7(2)8(12)5-13-10/h4-6H,3,12H2,1-2H3,(H,13,16)(H,14,15). The molecule has 0 spiro atoms. The molecule has 2 aromatic heterocycles. The van der Waals surface area contributed by atoms with Gasteiger partial charge in [-0.05, 0) is 18.6 Å². The molecule has 7 nitrogen and oxygen atoms in total. The van der Waals surface area contributed by atoms with Crippen molar-refractivity contribution in [2.75, 3.05) is 10.5 Å². The number of imidazole rings is 1. The highest BCUT2D eigenvalue weighted by molar-refractivity contribution is 7.92. The summed E-state index contributed by atoms with van der Waals surface area (Å²) in [7, 11) is -3.70. The summed E-state index contributed by atoms with van der Waals surface area (Å²) in [4.78, 5) is 10.6. The zero-order valence-electron chi connectivity index (χ0n) is 10.6. The quantitative estimate of drug-likeness (QED) is 0.775. The highest BCUT2D eigenvalue weighted by Crippen LogP contribution is 2.16. The molecule has 0 aromatic carbocycles. The number of pyridine rings is 1. The van der Waals surface area contributed by atoms with Crippen molar-refractivity contribution < 1.29 is 8.42 Å². The summed E-state index contributed by atoms with van der Waals surface area (Å²) in [6.45, 7) is 3.66. The lowest BCUT2D eigenvalue weighted by molar-refractivity contribution is 0.597. The average Bonchev–Trinajstić information content (AvgIpc) is 2.83. The van der Waals surface area contributed by atoms with E-state index >= 15 is 0 Å². The summed E-state index contributed by atoms with van der Waals surface area (Å²) in [5.41, 5.74) is 6.90. The van der Waals surface area contributed by atoms with Crippen LogP contribution in [0.15, 0.2) is 23.5 Å². The highest BCUT2D eigenvalue weighted by atomic mass is 32.2. The van der Waals surface area contributed by atoms with Gasteiger partial charge in [-0.1, -0.05) is 6.92 Å². The number of aromatic amines is 1. The van der Waals surface area contributed by atoms with E-state index < -0.39 is 10.0 Å². The van der Waals surface area contributed by atoms with Crippen LogP contribution in [0.3, 0.4) is 0 Å². The van der Waals surface area contributed by atoms with Gasteiger partial charge in [0.25, 0.3) is 10.0 Å². The van der Waals surface area contributed by atoms with Crippen molar-refractivity contribution >= 4 is 21.5 Å². The number of rotatable bonds is 4. The number of anilines is 2. The number of H-pyrrole nitrogens is 1. The van der Waals surface area contributed by atoms with Crippen molar-refractivity contribution in [3.63, 3.8) is 0 Å². The molecule has 2 heterocycles. The van der Waals surface area contributed by atoms with Gasteiger partial charge in [0, 0.05) is 6.42 Å². The number of sulfonamides is 1. The normalized spacial score (nSPS) is 11.5. The van der Waals surface area contributed by atoms with Gasteiger partial charge in [-0.2, -0.15) is 8.42 Å². The smallest absolute Gasteiger partial charge is 0.280 e. The van der Waals surface area contributed by atoms with Crippen LogP contribution in [0.2, 0.25) is 0 Å². The molecule has 0 unspecified atom stereocenters. The summed E-state index contributed by atoms with van der Waals surface area (Å²) in [5, 5.41) is 0.0145. The number of nitrogens with two attached hydrogens (primary N) is 1. The topological polar surface area (TPSA) is 114 Å². The first-order valence-electron chi connectivity index (χ1n) is 5.71. The van der Waals surface area contributed by atoms with Crippen LogP contribution in [0.1, 0.15) is 18.3 Å². The summed E-state index contributed by atoms with van der Waals surface area (Å²) in [6, 6.07) is 1.57. The van der Waals surface area contributed by atoms with Gasteiger partial charge in [-0.15, -0.1) is 0 Å². The minimum absolute atomic E-state index is 0.0145. The monoisotopic (exact) mass is 281 g/mol. The van der Waals surface area contributed by atoms with Crippen LogP contribution in [-0.4, -0.2) is 23.4 Å². The van der Waals surface area contributed by atoms with E-state index in [4.69, 9.17) is 5.73 Å². The number of nitrogens with one attached hydrogen (secondary N) is 2. The van der Waals surface area contributed by atoms with Crippen LogP contribution in [0, 0.1) is 6.92 Å². The van der Waals surface area contributed by atoms with Gasteiger partial charge in [-0.3, -0.25) is 4.72 Å². The van der Waals surface area contributed by atoms with E-state index in [-0.39, 0.29) is 10.8 Å². The van der Waals surface area contributed by atoms with Crippen LogP contribution >= 0.6 is 0 Å². The number of nitrogen functional groups attached to an aromatic ring is 1. The zero-order valence-corrected chi connectivity index (χ0v) is 11.5. The van der Waals surface area contributed by atoms with Crippen LogP contribution in [0.5, 0.6) is 0 Å². The Kier molecular flexibility index (Phi) is 3.43. The predicted octanol–water partition coefficient (Wildman–Crippen LogP) is 1.06. The summed E-state index contributed by atoms with van der Waals surface area (Å²) in [5.74, 6) is 0.834. The minimum atomic E-state index is -3.70. The summed E-state index contributed by atoms with van der Waals surface area (Å²) < 4.78 is 26.5. The van der Waals surface area contributed by atoms with E-state index in [9.17, 15) is 8.42 Å². The molecule has 102 valence electrons. The van der Waals surface area contributed by atoms with Gasteiger partial charge in [0.05, 0.1) is 18.1 Å². The van der Waals surface area contributed by atoms with Gasteiger partial charge in [0.15, 0.2) is 5.03 Å². The van der Waals surface area contributed by atoms with Crippen molar-refractivity contribution in [3.8, 4) is 0 Å². The molecule has 19 heavy (non-hydrogen) atoms. The Balaban J connectivity index is 2.28. The summed E-state index contributed by atoms with van der Waals surface area (Å²) in [6.07, 6.45) is 3.33. The molecule has 4 N–H and O–H groups in total. The molecule has 2 aromatic rings. The number of hydrogen-bond donors (Lipinski definition) is 3. The van der Waals surface area contributed by atoms with E-state index in [1.165, 1.54) is 12.4 Å². The molecule has 0 bridgehead atoms. The predicted molar refractivity (Wildman–Crippen MR) is 72.2 cm³/mol. The van der Waals surface area contributed by atoms with Crippen molar-refractivity contribution in [2.45, 2.75) is 25.3 Å². The van der Waals surface area contributed by atoms with E-state index in [1.54, 1.807) is 13.0 Å². The lowest BCUT2D eigenvalue weighted by atomic mass is 10.2. The molecule has 0 saturated heterocycles. The van der Waals surface area contributed by atoms with Gasteiger partial charge < -0.3 is 10.7 Å². The molecule has 0 aliphatic heterocycles. The molecule has 2 rings (SSSR count). The molecular formula is C11H15N5O2S. The minimum Gasteiger partial charge on any atom is -0.397 e. The van der Waals surface area contributed by atoms with E-state index in [1.807, 2.05) is 6.92 Å². The SMILES string of the molecule is CCc1ncc(S(=O)(=O)Nc2cc(C)c(N)cn2)[nH]1. The zero-order chi connectivity index (χ0) is 14.0. The molecule has 0 saturated carbocycles. The van der Waals surface area contributed by atoms with Gasteiger partial charge >= 0.3 is 0 Å². The third-order valence-electron chi connectivity index (χ3n) is 2.62. The van der Waals surface area contributed by atoms with E-state index in [0.717, 1.165) is 5.56 Å². The van der Waals surface area contributed by atoms with E-state index in [0.29, 0.717) is 17.9 Å². The molecular weight excluding hydrogens is 266 g/mol. The van der Waals surface area contributed by atoms with Crippen molar-refractivity contribution in [3.05, 3.63) is 29.8 Å². The maximum atomic E-state index is 12.1. The molecule has 0 fully saturated rings. The Bertz CT molecular complexity index is 693. The molecule has 0 radical (unpaired) electrons. The van der Waals surface area contributed by atoms with E-state index in [2.05, 4.69) is 19.7 Å². The fourth-order valence-corrected chi connectivity index (χ4v) is 2.42. The Morgan fingerprint density at radius 3 is 2.68 bits per heavy atom. The number of aryl methyl sites for hydroxylation is 2. The fourth-order valence-electron chi connectivity index (χ4n) is 1.47. The van der Waals surface area contributed by atoms with Crippen LogP contribution in [-0.2, 0) is 16.4 Å². The second-order valence-corrected chi connectivity index (χ2v) is 5.73. The average molecular weight is 281 g/mol. The second-order valence-electron chi connectivity index (χ2n) is 4.08. The Hall–Kier alpha value is -2.09. The number of nitrogens with zero attached hydrogens (tertiary/aromatic N) is 2. The maximum Gasteiger partial charge on any atom is 0.280 e. The van der Waals surface area contributed by atoms with Crippen LogP contribution in [0.25, 0.3) is 0 Å². The second kappa shape index (κ2) is 4.88. The first-order chi connectivity index (χ1) is 8.92. The number of aromatic nitrogens is 3. The van der Waals surface area contributed by atoms with Gasteiger partial charge in [0.1, 0.15) is 11.6 Å². The fraction of sp³-hybridized carbons (Fsp3) is 0.273. The molecule has 0 atom stereocenters. The Labute approximate surface area is 111 Å². The molecule has 0 aliphatic rings. The highest BCUT2D eigenvalue weighted by Gasteiger charge is 2.17. The Morgan fingerprint density at radius 1 is 1.37 bits per heavy atom.